The van der Waals surface area contributed by atoms with Crippen LogP contribution in [0.4, 0.5) is 0 Å². The largest absolute Gasteiger partial charge is 2.00 e. The Bertz CT molecular complexity index is 139. The average molecular weight is 188 g/mol. The monoisotopic (exact) mass is 188 g/mol. The van der Waals surface area contributed by atoms with Crippen LogP contribution in [0.25, 0.3) is 0 Å². The molecule has 0 aliphatic heterocycles. The molecule has 0 bridgehead atoms. The first-order chi connectivity index (χ1) is 4.46. The fourth-order valence-corrected chi connectivity index (χ4v) is 0.258. The van der Waals surface area contributed by atoms with Gasteiger partial charge in [-0.3, -0.25) is 0 Å². The van der Waals surface area contributed by atoms with Gasteiger partial charge < -0.3 is 30.0 Å². The molecule has 58 valence electrons. The number of carboxylic acids is 2. The fraction of sp³-hybridized carbons (Fsp3) is 0.500. The molecule has 7 heteroatoms. The minimum atomic E-state index is -2.44. The third-order valence-corrected chi connectivity index (χ3v) is 0.782. The number of carbonyl (C=O) groups is 2. The molecule has 6 nitrogen and oxygen atoms in total. The van der Waals surface area contributed by atoms with Crippen molar-refractivity contribution in [2.45, 2.75) is 12.2 Å². The van der Waals surface area contributed by atoms with E-state index in [9.17, 15) is 19.8 Å². The normalized spacial score (nSPS) is 14.4. The van der Waals surface area contributed by atoms with E-state index in [4.69, 9.17) is 10.2 Å². The van der Waals surface area contributed by atoms with Crippen molar-refractivity contribution < 1.29 is 30.0 Å². The molecule has 0 saturated carbocycles. The van der Waals surface area contributed by atoms with Gasteiger partial charge in [0.15, 0.2) is 0 Å². The van der Waals surface area contributed by atoms with E-state index in [2.05, 4.69) is 0 Å². The van der Waals surface area contributed by atoms with Gasteiger partial charge in [-0.25, -0.2) is 0 Å². The van der Waals surface area contributed by atoms with Crippen LogP contribution in [0.15, 0.2) is 0 Å². The molecule has 0 heterocycles. The van der Waals surface area contributed by atoms with E-state index in [0.29, 0.717) is 0 Å². The van der Waals surface area contributed by atoms with Gasteiger partial charge >= 0.3 is 37.7 Å². The summed E-state index contributed by atoms with van der Waals surface area (Å²) in [6.45, 7) is 0. The van der Waals surface area contributed by atoms with Crippen molar-refractivity contribution in [3.63, 3.8) is 0 Å². The zero-order valence-corrected chi connectivity index (χ0v) is 7.60. The van der Waals surface area contributed by atoms with Gasteiger partial charge in [0.2, 0.25) is 0 Å². The van der Waals surface area contributed by atoms with Gasteiger partial charge in [-0.1, -0.05) is 0 Å². The number of aliphatic hydroxyl groups excluding tert-OH is 2. The molecule has 0 spiro atoms. The molecule has 0 aliphatic rings. The van der Waals surface area contributed by atoms with Crippen LogP contribution in [0.5, 0.6) is 0 Å². The zero-order chi connectivity index (χ0) is 8.31. The van der Waals surface area contributed by atoms with Crippen LogP contribution < -0.4 is 10.2 Å². The Labute approximate surface area is 91.4 Å². The third kappa shape index (κ3) is 4.54. The van der Waals surface area contributed by atoms with Crippen LogP contribution in [-0.4, -0.2) is 72.1 Å². The Morgan fingerprint density at radius 2 is 1.18 bits per heavy atom. The minimum Gasteiger partial charge on any atom is -0.547 e. The first-order valence-corrected chi connectivity index (χ1v) is 2.24. The molecule has 0 fully saturated rings. The topological polar surface area (TPSA) is 121 Å². The van der Waals surface area contributed by atoms with E-state index in [1.54, 1.807) is 0 Å². The molecule has 0 amide bonds. The maximum absolute atomic E-state index is 9.63. The van der Waals surface area contributed by atoms with E-state index in [-0.39, 0.29) is 37.7 Å². The fourth-order valence-electron chi connectivity index (χ4n) is 0.258. The molecule has 0 saturated heterocycles. The van der Waals surface area contributed by atoms with E-state index in [1.807, 2.05) is 0 Å². The molecule has 0 aromatic heterocycles. The smallest absolute Gasteiger partial charge is 0.547 e. The summed E-state index contributed by atoms with van der Waals surface area (Å²) < 4.78 is 0. The molecular weight excluding hydrogens is 184 g/mol. The van der Waals surface area contributed by atoms with Gasteiger partial charge in [-0.15, -0.1) is 0 Å². The van der Waals surface area contributed by atoms with Crippen molar-refractivity contribution in [1.82, 2.24) is 0 Å². The summed E-state index contributed by atoms with van der Waals surface area (Å²) in [5.74, 6) is -4.12. The second kappa shape index (κ2) is 5.73. The number of aliphatic carboxylic acids is 2. The van der Waals surface area contributed by atoms with Crippen LogP contribution in [0.3, 0.4) is 0 Å². The van der Waals surface area contributed by atoms with Crippen LogP contribution in [0, 0.1) is 0 Å². The molecule has 0 radical (unpaired) electrons. The molecule has 0 aliphatic carbocycles. The SMILES string of the molecule is O=C([O-])[C@H](O)[C@@H](O)C(=O)[O-].[Ca+2]. The number of rotatable bonds is 3. The van der Waals surface area contributed by atoms with E-state index in [0.717, 1.165) is 0 Å². The summed E-state index contributed by atoms with van der Waals surface area (Å²) >= 11 is 0. The van der Waals surface area contributed by atoms with Crippen molar-refractivity contribution in [1.29, 1.82) is 0 Å². The second-order valence-electron chi connectivity index (χ2n) is 1.53. The number of hydrogen-bond acceptors (Lipinski definition) is 6. The zero-order valence-electron chi connectivity index (χ0n) is 5.39. The van der Waals surface area contributed by atoms with Crippen molar-refractivity contribution in [2.24, 2.45) is 0 Å². The number of carboxylic acid groups (broad SMARTS) is 2. The Balaban J connectivity index is 0. The Morgan fingerprint density at radius 1 is 1.00 bits per heavy atom. The van der Waals surface area contributed by atoms with Crippen molar-refractivity contribution in [2.75, 3.05) is 0 Å². The predicted octanol–water partition coefficient (Wildman–Crippen LogP) is -5.17. The summed E-state index contributed by atoms with van der Waals surface area (Å²) in [7, 11) is 0. The summed E-state index contributed by atoms with van der Waals surface area (Å²) in [5.41, 5.74) is 0. The van der Waals surface area contributed by atoms with Gasteiger partial charge in [0.05, 0.1) is 11.9 Å². The van der Waals surface area contributed by atoms with Gasteiger partial charge in [0.1, 0.15) is 12.2 Å². The van der Waals surface area contributed by atoms with Crippen LogP contribution in [-0.2, 0) is 9.59 Å². The van der Waals surface area contributed by atoms with Gasteiger partial charge in [-0.2, -0.15) is 0 Å². The number of carbonyl (C=O) groups excluding carboxylic acids is 2. The standard InChI is InChI=1S/C4H6O6.Ca/c5-1(3(7)8)2(6)4(9)10;/h1-2,5-6H,(H,7,8)(H,9,10);/q;+2/p-2/t1-,2-;/m1./s1. The van der Waals surface area contributed by atoms with Crippen LogP contribution >= 0.6 is 0 Å². The first-order valence-electron chi connectivity index (χ1n) is 2.24. The van der Waals surface area contributed by atoms with Crippen LogP contribution in [0.1, 0.15) is 0 Å². The minimum absolute atomic E-state index is 0. The summed E-state index contributed by atoms with van der Waals surface area (Å²) in [6, 6.07) is 0. The molecule has 0 unspecified atom stereocenters. The van der Waals surface area contributed by atoms with Gasteiger partial charge in [0, 0.05) is 0 Å². The van der Waals surface area contributed by atoms with Crippen LogP contribution in [0.2, 0.25) is 0 Å². The number of hydrogen-bond donors (Lipinski definition) is 2. The van der Waals surface area contributed by atoms with E-state index < -0.39 is 24.1 Å². The summed E-state index contributed by atoms with van der Waals surface area (Å²) in [4.78, 5) is 19.3. The predicted molar refractivity (Wildman–Crippen MR) is 27.8 cm³/mol. The maximum atomic E-state index is 9.63. The molecule has 2 N–H and O–H groups in total. The van der Waals surface area contributed by atoms with Crippen molar-refractivity contribution in [3.8, 4) is 0 Å². The Kier molecular flexibility index (Phi) is 7.13. The van der Waals surface area contributed by atoms with Gasteiger partial charge in [0.25, 0.3) is 0 Å². The number of aliphatic hydroxyl groups is 2. The molecule has 2 atom stereocenters. The molecule has 0 rings (SSSR count). The average Bonchev–Trinajstić information content (AvgIpc) is 1.84. The van der Waals surface area contributed by atoms with E-state index >= 15 is 0 Å². The quantitative estimate of drug-likeness (QED) is 0.427. The molecule has 0 aromatic carbocycles. The molecule has 0 aromatic rings. The summed E-state index contributed by atoms with van der Waals surface area (Å²) in [5, 5.41) is 35.7. The first kappa shape index (κ1) is 13.7. The third-order valence-electron chi connectivity index (χ3n) is 0.782. The van der Waals surface area contributed by atoms with Crippen molar-refractivity contribution in [3.05, 3.63) is 0 Å². The Hall–Kier alpha value is 0.120. The maximum Gasteiger partial charge on any atom is 2.00 e. The Morgan fingerprint density at radius 3 is 1.27 bits per heavy atom. The second-order valence-corrected chi connectivity index (χ2v) is 1.53. The molecule has 11 heavy (non-hydrogen) atoms. The van der Waals surface area contributed by atoms with Gasteiger partial charge in [-0.05, 0) is 0 Å². The molecular formula is C4H4CaO6. The summed E-state index contributed by atoms with van der Waals surface area (Å²) in [6.07, 6.45) is -4.88. The van der Waals surface area contributed by atoms with Crippen molar-refractivity contribution >= 4 is 49.7 Å². The van der Waals surface area contributed by atoms with E-state index in [1.165, 1.54) is 0 Å².